The van der Waals surface area contributed by atoms with E-state index in [9.17, 15) is 0 Å². The molecule has 1 aromatic heterocycles. The predicted octanol–water partition coefficient (Wildman–Crippen LogP) is 4.50. The van der Waals surface area contributed by atoms with E-state index in [2.05, 4.69) is 64.0 Å². The molecule has 1 aromatic carbocycles. The fourth-order valence-corrected chi connectivity index (χ4v) is 4.31. The van der Waals surface area contributed by atoms with Crippen molar-refractivity contribution < 1.29 is 0 Å². The molecule has 2 atom stereocenters. The number of rotatable bonds is 4. The Labute approximate surface area is 120 Å². The number of hydrogen-bond donors (Lipinski definition) is 1. The van der Waals surface area contributed by atoms with Gasteiger partial charge in [0.05, 0.1) is 0 Å². The van der Waals surface area contributed by atoms with Crippen molar-refractivity contribution in [1.29, 1.82) is 0 Å². The molecule has 0 saturated carbocycles. The summed E-state index contributed by atoms with van der Waals surface area (Å²) in [5.41, 5.74) is 3.08. The third-order valence-corrected chi connectivity index (χ3v) is 5.57. The van der Waals surface area contributed by atoms with Crippen molar-refractivity contribution in [3.05, 3.63) is 56.2 Å². The maximum absolute atomic E-state index is 3.54. The number of nitrogens with one attached hydrogen (secondary N) is 1. The quantitative estimate of drug-likeness (QED) is 0.874. The third-order valence-electron chi connectivity index (χ3n) is 3.76. The molecule has 1 heterocycles. The van der Waals surface area contributed by atoms with E-state index < -0.39 is 0 Å². The van der Waals surface area contributed by atoms with Gasteiger partial charge in [-0.25, -0.2) is 0 Å². The summed E-state index contributed by atoms with van der Waals surface area (Å²) in [6.07, 6.45) is 2.43. The van der Waals surface area contributed by atoms with Crippen LogP contribution in [-0.4, -0.2) is 7.05 Å². The SMILES string of the molecule is CNC(CC1Cc2ccccc21)c1cc(Br)cs1. The van der Waals surface area contributed by atoms with Crippen LogP contribution in [0.25, 0.3) is 0 Å². The molecule has 0 aliphatic heterocycles. The van der Waals surface area contributed by atoms with E-state index in [1.54, 1.807) is 5.56 Å². The van der Waals surface area contributed by atoms with E-state index in [1.165, 1.54) is 27.8 Å². The van der Waals surface area contributed by atoms with Crippen LogP contribution in [0.1, 0.15) is 34.4 Å². The fourth-order valence-electron chi connectivity index (χ4n) is 2.74. The summed E-state index contributed by atoms with van der Waals surface area (Å²) in [4.78, 5) is 1.42. The fraction of sp³-hybridized carbons (Fsp3) is 0.333. The molecule has 18 heavy (non-hydrogen) atoms. The first kappa shape index (κ1) is 12.4. The van der Waals surface area contributed by atoms with Gasteiger partial charge in [-0.05, 0) is 58.9 Å². The highest BCUT2D eigenvalue weighted by Crippen LogP contribution is 2.41. The zero-order valence-corrected chi connectivity index (χ0v) is 12.7. The Kier molecular flexibility index (Phi) is 3.55. The summed E-state index contributed by atoms with van der Waals surface area (Å²) in [5, 5.41) is 5.61. The average Bonchev–Trinajstić information content (AvgIpc) is 2.77. The first-order valence-corrected chi connectivity index (χ1v) is 7.94. The van der Waals surface area contributed by atoms with Crippen molar-refractivity contribution in [1.82, 2.24) is 5.32 Å². The van der Waals surface area contributed by atoms with Crippen molar-refractivity contribution in [2.45, 2.75) is 24.8 Å². The Morgan fingerprint density at radius 2 is 2.28 bits per heavy atom. The van der Waals surface area contributed by atoms with Gasteiger partial charge < -0.3 is 5.32 Å². The second kappa shape index (κ2) is 5.16. The largest absolute Gasteiger partial charge is 0.312 e. The third kappa shape index (κ3) is 2.27. The van der Waals surface area contributed by atoms with Gasteiger partial charge in [-0.15, -0.1) is 11.3 Å². The lowest BCUT2D eigenvalue weighted by atomic mass is 9.74. The van der Waals surface area contributed by atoms with Crippen LogP contribution in [0.15, 0.2) is 40.2 Å². The van der Waals surface area contributed by atoms with Crippen LogP contribution in [0.2, 0.25) is 0 Å². The zero-order valence-electron chi connectivity index (χ0n) is 10.3. The molecule has 94 valence electrons. The minimum atomic E-state index is 0.472. The van der Waals surface area contributed by atoms with Crippen LogP contribution in [0.4, 0.5) is 0 Å². The second-order valence-corrected chi connectivity index (χ2v) is 6.70. The zero-order chi connectivity index (χ0) is 12.5. The second-order valence-electron chi connectivity index (χ2n) is 4.84. The van der Waals surface area contributed by atoms with Gasteiger partial charge in [0.15, 0.2) is 0 Å². The Morgan fingerprint density at radius 3 is 2.94 bits per heavy atom. The monoisotopic (exact) mass is 321 g/mol. The summed E-state index contributed by atoms with van der Waals surface area (Å²) in [5.74, 6) is 0.722. The maximum Gasteiger partial charge on any atom is 0.0418 e. The van der Waals surface area contributed by atoms with Crippen molar-refractivity contribution in [2.75, 3.05) is 7.05 Å². The highest BCUT2D eigenvalue weighted by molar-refractivity contribution is 9.10. The highest BCUT2D eigenvalue weighted by atomic mass is 79.9. The van der Waals surface area contributed by atoms with E-state index in [-0.39, 0.29) is 0 Å². The molecule has 1 aliphatic rings. The highest BCUT2D eigenvalue weighted by Gasteiger charge is 2.28. The molecule has 2 unspecified atom stereocenters. The van der Waals surface area contributed by atoms with Gasteiger partial charge in [-0.3, -0.25) is 0 Å². The summed E-state index contributed by atoms with van der Waals surface area (Å²) in [7, 11) is 2.06. The average molecular weight is 322 g/mol. The van der Waals surface area contributed by atoms with Gasteiger partial charge in [0.25, 0.3) is 0 Å². The molecule has 1 N–H and O–H groups in total. The van der Waals surface area contributed by atoms with Crippen LogP contribution in [0.3, 0.4) is 0 Å². The molecule has 0 spiro atoms. The van der Waals surface area contributed by atoms with E-state index in [0.717, 1.165) is 5.92 Å². The van der Waals surface area contributed by atoms with Crippen molar-refractivity contribution >= 4 is 27.3 Å². The molecule has 2 aromatic rings. The molecular weight excluding hydrogens is 306 g/mol. The number of hydrogen-bond acceptors (Lipinski definition) is 2. The van der Waals surface area contributed by atoms with E-state index >= 15 is 0 Å². The molecular formula is C15H16BrNS. The first-order chi connectivity index (χ1) is 8.78. The van der Waals surface area contributed by atoms with E-state index in [4.69, 9.17) is 0 Å². The van der Waals surface area contributed by atoms with Gasteiger partial charge in [0.1, 0.15) is 0 Å². The van der Waals surface area contributed by atoms with Gasteiger partial charge in [-0.1, -0.05) is 24.3 Å². The summed E-state index contributed by atoms with van der Waals surface area (Å²) < 4.78 is 1.19. The maximum atomic E-state index is 3.54. The number of benzene rings is 1. The lowest BCUT2D eigenvalue weighted by molar-refractivity contribution is 0.457. The smallest absolute Gasteiger partial charge is 0.0418 e. The van der Waals surface area contributed by atoms with Gasteiger partial charge in [0.2, 0.25) is 0 Å². The van der Waals surface area contributed by atoms with Crippen LogP contribution < -0.4 is 5.32 Å². The van der Waals surface area contributed by atoms with Crippen LogP contribution >= 0.6 is 27.3 Å². The normalized spacial score (nSPS) is 19.1. The lowest BCUT2D eigenvalue weighted by Gasteiger charge is -2.32. The lowest BCUT2D eigenvalue weighted by Crippen LogP contribution is -2.24. The molecule has 0 amide bonds. The molecule has 3 heteroatoms. The Balaban J connectivity index is 1.73. The van der Waals surface area contributed by atoms with E-state index in [1.807, 2.05) is 11.3 Å². The van der Waals surface area contributed by atoms with Crippen molar-refractivity contribution in [3.8, 4) is 0 Å². The Hall–Kier alpha value is -0.640. The molecule has 1 aliphatic carbocycles. The van der Waals surface area contributed by atoms with Gasteiger partial charge in [-0.2, -0.15) is 0 Å². The number of thiophene rings is 1. The summed E-state index contributed by atoms with van der Waals surface area (Å²) in [6.45, 7) is 0. The van der Waals surface area contributed by atoms with Crippen molar-refractivity contribution in [2.24, 2.45) is 0 Å². The van der Waals surface area contributed by atoms with Gasteiger partial charge in [0, 0.05) is 20.8 Å². The van der Waals surface area contributed by atoms with Crippen LogP contribution in [0.5, 0.6) is 0 Å². The molecule has 0 fully saturated rings. The van der Waals surface area contributed by atoms with Gasteiger partial charge >= 0.3 is 0 Å². The van der Waals surface area contributed by atoms with Crippen molar-refractivity contribution in [3.63, 3.8) is 0 Å². The minimum absolute atomic E-state index is 0.472. The number of fused-ring (bicyclic) bond motifs is 1. The molecule has 0 saturated heterocycles. The first-order valence-electron chi connectivity index (χ1n) is 6.27. The minimum Gasteiger partial charge on any atom is -0.312 e. The Morgan fingerprint density at radius 1 is 1.44 bits per heavy atom. The summed E-state index contributed by atoms with van der Waals surface area (Å²) in [6, 6.07) is 11.5. The predicted molar refractivity (Wildman–Crippen MR) is 81.3 cm³/mol. The molecule has 0 bridgehead atoms. The van der Waals surface area contributed by atoms with Crippen LogP contribution in [0, 0.1) is 0 Å². The molecule has 3 rings (SSSR count). The molecule has 0 radical (unpaired) electrons. The topological polar surface area (TPSA) is 12.0 Å². The van der Waals surface area contributed by atoms with Crippen LogP contribution in [-0.2, 0) is 6.42 Å². The summed E-state index contributed by atoms with van der Waals surface area (Å²) >= 11 is 5.37. The number of halogens is 1. The Bertz CT molecular complexity index is 549. The van der Waals surface area contributed by atoms with E-state index in [0.29, 0.717) is 6.04 Å². The standard InChI is InChI=1S/C15H16BrNS/c1-17-14(15-8-12(16)9-18-15)7-11-6-10-4-2-3-5-13(10)11/h2-5,8-9,11,14,17H,6-7H2,1H3. The molecule has 1 nitrogen and oxygen atoms in total.